The Morgan fingerprint density at radius 3 is 2.14 bits per heavy atom. The molecular weight excluding hydrogens is 271 g/mol. The summed E-state index contributed by atoms with van der Waals surface area (Å²) in [7, 11) is 2.04. The number of nitrogens with two attached hydrogens (primary N) is 1. The molecule has 0 radical (unpaired) electrons. The van der Waals surface area contributed by atoms with Gasteiger partial charge in [0.2, 0.25) is 0 Å². The van der Waals surface area contributed by atoms with Gasteiger partial charge in [0, 0.05) is 27.6 Å². The van der Waals surface area contributed by atoms with Crippen molar-refractivity contribution in [2.75, 3.05) is 13.6 Å². The van der Waals surface area contributed by atoms with Gasteiger partial charge in [-0.3, -0.25) is 4.90 Å². The van der Waals surface area contributed by atoms with E-state index in [2.05, 4.69) is 4.90 Å². The van der Waals surface area contributed by atoms with Gasteiger partial charge in [-0.25, -0.2) is 0 Å². The third-order valence-corrected chi connectivity index (χ3v) is 1.34. The SMILES string of the molecule is CN1CCC1N.[Pt]. The Bertz CT molecular complexity index is 49.7. The van der Waals surface area contributed by atoms with E-state index >= 15 is 0 Å². The number of likely N-dealkylation sites (tertiary alicyclic amines) is 1. The third kappa shape index (κ3) is 1.52. The summed E-state index contributed by atoms with van der Waals surface area (Å²) in [5.74, 6) is 0. The minimum absolute atomic E-state index is 0. The molecule has 0 bridgehead atoms. The minimum atomic E-state index is 0. The zero-order chi connectivity index (χ0) is 4.57. The maximum absolute atomic E-state index is 5.45. The second-order valence-electron chi connectivity index (χ2n) is 1.84. The van der Waals surface area contributed by atoms with Gasteiger partial charge in [-0.1, -0.05) is 0 Å². The Hall–Kier alpha value is 0.608. The van der Waals surface area contributed by atoms with Crippen molar-refractivity contribution in [3.63, 3.8) is 0 Å². The molecule has 7 heavy (non-hydrogen) atoms. The van der Waals surface area contributed by atoms with Crippen molar-refractivity contribution in [1.29, 1.82) is 0 Å². The quantitative estimate of drug-likeness (QED) is 0.655. The molecule has 1 saturated heterocycles. The second-order valence-corrected chi connectivity index (χ2v) is 1.84. The summed E-state index contributed by atoms with van der Waals surface area (Å²) in [6.07, 6.45) is 1.54. The Morgan fingerprint density at radius 2 is 2.14 bits per heavy atom. The molecule has 0 spiro atoms. The molecule has 0 amide bonds. The van der Waals surface area contributed by atoms with E-state index in [-0.39, 0.29) is 21.1 Å². The van der Waals surface area contributed by atoms with Crippen LogP contribution < -0.4 is 5.73 Å². The molecule has 1 heterocycles. The van der Waals surface area contributed by atoms with E-state index < -0.39 is 0 Å². The van der Waals surface area contributed by atoms with Crippen LogP contribution in [-0.4, -0.2) is 24.7 Å². The topological polar surface area (TPSA) is 29.3 Å². The molecule has 0 aromatic heterocycles. The largest absolute Gasteiger partial charge is 0.316 e. The van der Waals surface area contributed by atoms with Gasteiger partial charge in [0.15, 0.2) is 0 Å². The molecule has 3 heteroatoms. The van der Waals surface area contributed by atoms with Crippen molar-refractivity contribution in [1.82, 2.24) is 4.90 Å². The second kappa shape index (κ2) is 2.80. The molecule has 1 atom stereocenters. The van der Waals surface area contributed by atoms with Crippen LogP contribution in [0.15, 0.2) is 0 Å². The monoisotopic (exact) mass is 281 g/mol. The number of hydrogen-bond donors (Lipinski definition) is 1. The third-order valence-electron chi connectivity index (χ3n) is 1.34. The summed E-state index contributed by atoms with van der Waals surface area (Å²) in [5.41, 5.74) is 5.45. The van der Waals surface area contributed by atoms with Crippen LogP contribution in [0.3, 0.4) is 0 Å². The smallest absolute Gasteiger partial charge is 0.0581 e. The fourth-order valence-corrected chi connectivity index (χ4v) is 0.536. The van der Waals surface area contributed by atoms with Crippen molar-refractivity contribution >= 4 is 0 Å². The van der Waals surface area contributed by atoms with Crippen LogP contribution in [-0.2, 0) is 21.1 Å². The van der Waals surface area contributed by atoms with Crippen LogP contribution in [0.5, 0.6) is 0 Å². The van der Waals surface area contributed by atoms with Gasteiger partial charge in [-0.15, -0.1) is 0 Å². The molecule has 0 aliphatic carbocycles. The van der Waals surface area contributed by atoms with Crippen LogP contribution in [0, 0.1) is 0 Å². The first kappa shape index (κ1) is 7.61. The molecule has 1 fully saturated rings. The van der Waals surface area contributed by atoms with Gasteiger partial charge in [-0.05, 0) is 13.5 Å². The summed E-state index contributed by atoms with van der Waals surface area (Å²) in [6.45, 7) is 1.18. The molecule has 1 rings (SSSR count). The van der Waals surface area contributed by atoms with Crippen LogP contribution in [0.4, 0.5) is 0 Å². The maximum Gasteiger partial charge on any atom is 0.0581 e. The van der Waals surface area contributed by atoms with Gasteiger partial charge >= 0.3 is 0 Å². The van der Waals surface area contributed by atoms with Crippen molar-refractivity contribution in [3.8, 4) is 0 Å². The molecule has 1 unspecified atom stereocenters. The zero-order valence-corrected chi connectivity index (χ0v) is 6.60. The van der Waals surface area contributed by atoms with Crippen LogP contribution in [0.25, 0.3) is 0 Å². The molecule has 0 saturated carbocycles. The van der Waals surface area contributed by atoms with Crippen molar-refractivity contribution in [3.05, 3.63) is 0 Å². The molecule has 2 N–H and O–H groups in total. The molecule has 1 aliphatic rings. The van der Waals surface area contributed by atoms with Crippen LogP contribution in [0.1, 0.15) is 6.42 Å². The average molecular weight is 281 g/mol. The van der Waals surface area contributed by atoms with Gasteiger partial charge in [0.1, 0.15) is 0 Å². The van der Waals surface area contributed by atoms with E-state index in [1.54, 1.807) is 0 Å². The minimum Gasteiger partial charge on any atom is -0.316 e. The van der Waals surface area contributed by atoms with Gasteiger partial charge in [0.25, 0.3) is 0 Å². The van der Waals surface area contributed by atoms with Crippen LogP contribution >= 0.6 is 0 Å². The molecular formula is C4H10N2Pt. The standard InChI is InChI=1S/C4H10N2.Pt/c1-6-3-2-4(6)5;/h4H,2-3,5H2,1H3;. The first-order valence-corrected chi connectivity index (χ1v) is 2.26. The summed E-state index contributed by atoms with van der Waals surface area (Å²) >= 11 is 0. The normalized spacial score (nSPS) is 30.9. The van der Waals surface area contributed by atoms with Gasteiger partial charge < -0.3 is 5.73 Å². The number of hydrogen-bond acceptors (Lipinski definition) is 2. The molecule has 0 aromatic rings. The first-order valence-electron chi connectivity index (χ1n) is 2.26. The fraction of sp³-hybridized carbons (Fsp3) is 1.00. The van der Waals surface area contributed by atoms with Crippen LogP contribution in [0.2, 0.25) is 0 Å². The van der Waals surface area contributed by atoms with Crippen molar-refractivity contribution in [2.24, 2.45) is 5.73 Å². The summed E-state index contributed by atoms with van der Waals surface area (Å²) in [6, 6.07) is 0. The van der Waals surface area contributed by atoms with E-state index in [9.17, 15) is 0 Å². The molecule has 2 nitrogen and oxygen atoms in total. The van der Waals surface area contributed by atoms with E-state index in [0.717, 1.165) is 0 Å². The van der Waals surface area contributed by atoms with E-state index in [1.807, 2.05) is 7.05 Å². The van der Waals surface area contributed by atoms with Gasteiger partial charge in [-0.2, -0.15) is 0 Å². The number of rotatable bonds is 0. The Morgan fingerprint density at radius 1 is 1.71 bits per heavy atom. The predicted octanol–water partition coefficient (Wildman–Crippen LogP) is -0.396. The fourth-order valence-electron chi connectivity index (χ4n) is 0.536. The zero-order valence-electron chi connectivity index (χ0n) is 4.33. The predicted molar refractivity (Wildman–Crippen MR) is 25.2 cm³/mol. The van der Waals surface area contributed by atoms with E-state index in [4.69, 9.17) is 5.73 Å². The summed E-state index contributed by atoms with van der Waals surface area (Å²) in [4.78, 5) is 2.12. The molecule has 1 aliphatic heterocycles. The average Bonchev–Trinajstić information content (AvgIpc) is 1.61. The first-order chi connectivity index (χ1) is 2.80. The maximum atomic E-state index is 5.45. The number of nitrogens with zero attached hydrogens (tertiary/aromatic N) is 1. The Kier molecular flexibility index (Phi) is 3.05. The summed E-state index contributed by atoms with van der Waals surface area (Å²) < 4.78 is 0. The summed E-state index contributed by atoms with van der Waals surface area (Å²) in [5, 5.41) is 0. The molecule has 0 aromatic carbocycles. The van der Waals surface area contributed by atoms with Crippen molar-refractivity contribution < 1.29 is 21.1 Å². The van der Waals surface area contributed by atoms with Crippen molar-refractivity contribution in [2.45, 2.75) is 12.6 Å². The van der Waals surface area contributed by atoms with E-state index in [0.29, 0.717) is 6.17 Å². The molecule has 46 valence electrons. The Labute approximate surface area is 58.3 Å². The Balaban J connectivity index is 0.000000360. The van der Waals surface area contributed by atoms with E-state index in [1.165, 1.54) is 13.0 Å². The van der Waals surface area contributed by atoms with Gasteiger partial charge in [0.05, 0.1) is 6.17 Å².